The second kappa shape index (κ2) is 5.70. The molecule has 0 aliphatic rings. The van der Waals surface area contributed by atoms with Crippen LogP contribution in [0, 0.1) is 0 Å². The molecule has 0 atom stereocenters. The van der Waals surface area contributed by atoms with Crippen LogP contribution in [0.4, 0.5) is 5.69 Å². The molecule has 0 spiro atoms. The summed E-state index contributed by atoms with van der Waals surface area (Å²) in [5.74, 6) is 0. The summed E-state index contributed by atoms with van der Waals surface area (Å²) in [5, 5.41) is 5.65. The van der Waals surface area contributed by atoms with Crippen molar-refractivity contribution in [3.05, 3.63) is 70.3 Å². The number of hydrogen-bond donors (Lipinski definition) is 1. The van der Waals surface area contributed by atoms with E-state index in [1.807, 2.05) is 42.5 Å². The molecule has 0 unspecified atom stereocenters. The van der Waals surface area contributed by atoms with Crippen LogP contribution >= 0.6 is 23.2 Å². The normalized spacial score (nSPS) is 10.7. The van der Waals surface area contributed by atoms with E-state index in [1.54, 1.807) is 12.3 Å². The average molecular weight is 303 g/mol. The third-order valence-electron chi connectivity index (χ3n) is 3.15. The Kier molecular flexibility index (Phi) is 3.77. The van der Waals surface area contributed by atoms with E-state index in [1.165, 1.54) is 0 Å². The summed E-state index contributed by atoms with van der Waals surface area (Å²) >= 11 is 12.2. The first-order valence-electron chi connectivity index (χ1n) is 6.26. The van der Waals surface area contributed by atoms with Gasteiger partial charge in [-0.3, -0.25) is 4.98 Å². The van der Waals surface area contributed by atoms with Gasteiger partial charge in [0.25, 0.3) is 0 Å². The second-order valence-electron chi connectivity index (χ2n) is 4.44. The minimum Gasteiger partial charge on any atom is -0.380 e. The van der Waals surface area contributed by atoms with Gasteiger partial charge in [0.1, 0.15) is 0 Å². The van der Waals surface area contributed by atoms with Gasteiger partial charge in [0.05, 0.1) is 15.6 Å². The zero-order valence-electron chi connectivity index (χ0n) is 10.6. The van der Waals surface area contributed by atoms with Gasteiger partial charge < -0.3 is 5.32 Å². The van der Waals surface area contributed by atoms with Gasteiger partial charge in [-0.05, 0) is 35.9 Å². The zero-order valence-corrected chi connectivity index (χ0v) is 12.1. The van der Waals surface area contributed by atoms with Crippen LogP contribution in [0.1, 0.15) is 5.56 Å². The van der Waals surface area contributed by atoms with Crippen molar-refractivity contribution >= 4 is 39.8 Å². The van der Waals surface area contributed by atoms with Crippen molar-refractivity contribution in [2.75, 3.05) is 5.32 Å². The van der Waals surface area contributed by atoms with Gasteiger partial charge >= 0.3 is 0 Å². The Bertz CT molecular complexity index is 751. The first-order valence-corrected chi connectivity index (χ1v) is 7.02. The van der Waals surface area contributed by atoms with Crippen LogP contribution in [-0.2, 0) is 6.54 Å². The Balaban J connectivity index is 1.89. The molecule has 0 bridgehead atoms. The number of aromatic nitrogens is 1. The van der Waals surface area contributed by atoms with E-state index in [0.717, 1.165) is 22.2 Å². The highest BCUT2D eigenvalue weighted by Crippen LogP contribution is 2.27. The predicted octanol–water partition coefficient (Wildman–Crippen LogP) is 5.15. The van der Waals surface area contributed by atoms with Crippen LogP contribution < -0.4 is 5.32 Å². The lowest BCUT2D eigenvalue weighted by molar-refractivity contribution is 1.15. The Labute approximate surface area is 127 Å². The summed E-state index contributed by atoms with van der Waals surface area (Å²) < 4.78 is 0. The van der Waals surface area contributed by atoms with Crippen molar-refractivity contribution < 1.29 is 0 Å². The van der Waals surface area contributed by atoms with E-state index in [4.69, 9.17) is 23.2 Å². The lowest BCUT2D eigenvalue weighted by Gasteiger charge is -2.11. The Hall–Kier alpha value is -1.77. The third-order valence-corrected chi connectivity index (χ3v) is 4.00. The number of halogens is 2. The SMILES string of the molecule is Clc1cccc(CNc2cccc3ncccc23)c1Cl. The van der Waals surface area contributed by atoms with E-state index >= 15 is 0 Å². The van der Waals surface area contributed by atoms with E-state index < -0.39 is 0 Å². The molecule has 1 N–H and O–H groups in total. The molecule has 2 nitrogen and oxygen atoms in total. The molecule has 20 heavy (non-hydrogen) atoms. The second-order valence-corrected chi connectivity index (χ2v) is 5.23. The maximum Gasteiger partial charge on any atom is 0.0722 e. The van der Waals surface area contributed by atoms with Gasteiger partial charge in [0.2, 0.25) is 0 Å². The van der Waals surface area contributed by atoms with Crippen molar-refractivity contribution in [2.24, 2.45) is 0 Å². The van der Waals surface area contributed by atoms with Crippen LogP contribution in [0.3, 0.4) is 0 Å². The van der Waals surface area contributed by atoms with Crippen LogP contribution in [0.5, 0.6) is 0 Å². The van der Waals surface area contributed by atoms with Gasteiger partial charge in [-0.25, -0.2) is 0 Å². The fourth-order valence-corrected chi connectivity index (χ4v) is 2.52. The average Bonchev–Trinajstić information content (AvgIpc) is 2.49. The molecule has 3 rings (SSSR count). The molecule has 0 aliphatic heterocycles. The molecule has 1 aromatic heterocycles. The topological polar surface area (TPSA) is 24.9 Å². The predicted molar refractivity (Wildman–Crippen MR) is 85.5 cm³/mol. The molecule has 0 aliphatic carbocycles. The fourth-order valence-electron chi connectivity index (χ4n) is 2.13. The molecule has 3 aromatic rings. The van der Waals surface area contributed by atoms with Crippen LogP contribution in [0.2, 0.25) is 10.0 Å². The zero-order chi connectivity index (χ0) is 13.9. The standard InChI is InChI=1S/C16H12Cl2N2/c17-13-6-1-4-11(16(13)18)10-20-15-8-2-7-14-12(15)5-3-9-19-14/h1-9,20H,10H2. The Morgan fingerprint density at radius 1 is 0.950 bits per heavy atom. The van der Waals surface area contributed by atoms with Gasteiger partial charge in [-0.1, -0.05) is 41.4 Å². The smallest absolute Gasteiger partial charge is 0.0722 e. The highest BCUT2D eigenvalue weighted by molar-refractivity contribution is 6.42. The molecule has 100 valence electrons. The number of rotatable bonds is 3. The lowest BCUT2D eigenvalue weighted by atomic mass is 10.1. The summed E-state index contributed by atoms with van der Waals surface area (Å²) in [4.78, 5) is 4.34. The van der Waals surface area contributed by atoms with Gasteiger partial charge in [-0.2, -0.15) is 0 Å². The quantitative estimate of drug-likeness (QED) is 0.723. The number of nitrogens with one attached hydrogen (secondary N) is 1. The van der Waals surface area contributed by atoms with Crippen molar-refractivity contribution in [1.29, 1.82) is 0 Å². The van der Waals surface area contributed by atoms with Gasteiger partial charge in [0, 0.05) is 23.8 Å². The molecule has 0 radical (unpaired) electrons. The summed E-state index contributed by atoms with van der Waals surface area (Å²) in [5.41, 5.74) is 2.97. The van der Waals surface area contributed by atoms with Crippen LogP contribution in [0.25, 0.3) is 10.9 Å². The van der Waals surface area contributed by atoms with E-state index in [0.29, 0.717) is 16.6 Å². The minimum absolute atomic E-state index is 0.575. The molecule has 4 heteroatoms. The molecular formula is C16H12Cl2N2. The minimum atomic E-state index is 0.575. The number of benzene rings is 2. The maximum atomic E-state index is 6.19. The number of pyridine rings is 1. The molecule has 1 heterocycles. The summed E-state index contributed by atoms with van der Waals surface area (Å²) in [6, 6.07) is 15.6. The number of fused-ring (bicyclic) bond motifs is 1. The Morgan fingerprint density at radius 2 is 1.80 bits per heavy atom. The van der Waals surface area contributed by atoms with E-state index in [2.05, 4.69) is 10.3 Å². The highest BCUT2D eigenvalue weighted by atomic mass is 35.5. The van der Waals surface area contributed by atoms with Crippen LogP contribution in [-0.4, -0.2) is 4.98 Å². The van der Waals surface area contributed by atoms with Crippen molar-refractivity contribution in [3.63, 3.8) is 0 Å². The van der Waals surface area contributed by atoms with E-state index in [9.17, 15) is 0 Å². The summed E-state index contributed by atoms with van der Waals surface area (Å²) in [6.07, 6.45) is 1.79. The molecule has 0 saturated carbocycles. The van der Waals surface area contributed by atoms with Gasteiger partial charge in [-0.15, -0.1) is 0 Å². The number of nitrogens with zero attached hydrogens (tertiary/aromatic N) is 1. The summed E-state index contributed by atoms with van der Waals surface area (Å²) in [6.45, 7) is 0.618. The Morgan fingerprint density at radius 3 is 2.70 bits per heavy atom. The van der Waals surface area contributed by atoms with Crippen LogP contribution in [0.15, 0.2) is 54.7 Å². The molecule has 2 aromatic carbocycles. The van der Waals surface area contributed by atoms with Crippen molar-refractivity contribution in [2.45, 2.75) is 6.54 Å². The molecule has 0 amide bonds. The lowest BCUT2D eigenvalue weighted by Crippen LogP contribution is -2.01. The fraction of sp³-hybridized carbons (Fsp3) is 0.0625. The monoisotopic (exact) mass is 302 g/mol. The molecule has 0 saturated heterocycles. The van der Waals surface area contributed by atoms with Gasteiger partial charge in [0.15, 0.2) is 0 Å². The summed E-state index contributed by atoms with van der Waals surface area (Å²) in [7, 11) is 0. The third kappa shape index (κ3) is 2.58. The first-order chi connectivity index (χ1) is 9.75. The number of hydrogen-bond acceptors (Lipinski definition) is 2. The van der Waals surface area contributed by atoms with E-state index in [-0.39, 0.29) is 0 Å². The highest BCUT2D eigenvalue weighted by Gasteiger charge is 2.05. The molecule has 0 fully saturated rings. The largest absolute Gasteiger partial charge is 0.380 e. The number of anilines is 1. The van der Waals surface area contributed by atoms with Crippen molar-refractivity contribution in [1.82, 2.24) is 4.98 Å². The first kappa shape index (κ1) is 13.2. The van der Waals surface area contributed by atoms with Crippen molar-refractivity contribution in [3.8, 4) is 0 Å². The maximum absolute atomic E-state index is 6.19. The molecular weight excluding hydrogens is 291 g/mol.